The van der Waals surface area contributed by atoms with Crippen molar-refractivity contribution in [3.8, 4) is 0 Å². The lowest BCUT2D eigenvalue weighted by Gasteiger charge is -2.28. The molecule has 0 aromatic rings. The first-order valence-corrected chi connectivity index (χ1v) is 5.29. The third-order valence-electron chi connectivity index (χ3n) is 2.92. The summed E-state index contributed by atoms with van der Waals surface area (Å²) in [6, 6.07) is 0. The van der Waals surface area contributed by atoms with Crippen LogP contribution in [0.15, 0.2) is 0 Å². The third-order valence-corrected chi connectivity index (χ3v) is 2.92. The molecule has 2 aliphatic rings. The molecule has 2 fully saturated rings. The topological polar surface area (TPSA) is 47.9 Å². The molecule has 3 unspecified atom stereocenters. The van der Waals surface area contributed by atoms with Crippen LogP contribution in [0.3, 0.4) is 0 Å². The Balaban J connectivity index is 1.90. The van der Waals surface area contributed by atoms with Gasteiger partial charge in [0.15, 0.2) is 5.79 Å². The Kier molecular flexibility index (Phi) is 3.07. The second-order valence-electron chi connectivity index (χ2n) is 4.08. The van der Waals surface area contributed by atoms with Gasteiger partial charge in [0.1, 0.15) is 6.10 Å². The van der Waals surface area contributed by atoms with Crippen molar-refractivity contribution in [3.05, 3.63) is 0 Å². The van der Waals surface area contributed by atoms with Gasteiger partial charge in [-0.25, -0.2) is 0 Å². The minimum absolute atomic E-state index is 0.0224. The summed E-state index contributed by atoms with van der Waals surface area (Å²) in [5.74, 6) is -0.587. The zero-order valence-corrected chi connectivity index (χ0v) is 8.57. The van der Waals surface area contributed by atoms with E-state index in [9.17, 15) is 0 Å². The first kappa shape index (κ1) is 10.4. The van der Waals surface area contributed by atoms with Gasteiger partial charge in [0, 0.05) is 13.2 Å². The Bertz CT molecular complexity index is 191. The highest BCUT2D eigenvalue weighted by atomic mass is 16.8. The van der Waals surface area contributed by atoms with Crippen molar-refractivity contribution < 1.29 is 19.3 Å². The summed E-state index contributed by atoms with van der Waals surface area (Å²) in [5.41, 5.74) is 0. The summed E-state index contributed by atoms with van der Waals surface area (Å²) >= 11 is 0. The lowest BCUT2D eigenvalue weighted by molar-refractivity contribution is -0.218. The molecule has 0 bridgehead atoms. The summed E-state index contributed by atoms with van der Waals surface area (Å²) in [5, 5.41) is 8.80. The van der Waals surface area contributed by atoms with E-state index in [-0.39, 0.29) is 18.8 Å². The van der Waals surface area contributed by atoms with E-state index in [0.717, 1.165) is 19.4 Å². The molecule has 0 saturated carbocycles. The molecule has 2 saturated heterocycles. The Morgan fingerprint density at radius 2 is 2.36 bits per heavy atom. The van der Waals surface area contributed by atoms with Gasteiger partial charge in [0.05, 0.1) is 12.7 Å². The maximum Gasteiger partial charge on any atom is 0.192 e. The Labute approximate surface area is 84.1 Å². The highest BCUT2D eigenvalue weighted by molar-refractivity contribution is 4.85. The molecule has 2 heterocycles. The highest BCUT2D eigenvalue weighted by Crippen LogP contribution is 2.34. The fourth-order valence-electron chi connectivity index (χ4n) is 2.10. The van der Waals surface area contributed by atoms with Crippen LogP contribution in [0.1, 0.15) is 26.2 Å². The fourth-order valence-corrected chi connectivity index (χ4v) is 2.10. The standard InChI is InChI=1S/C10H18O4/c1-10(9-3-2-6-12-9)13-7-8(14-10)4-5-11/h8-9,11H,2-7H2,1H3. The van der Waals surface area contributed by atoms with Crippen molar-refractivity contribution >= 4 is 0 Å². The maximum absolute atomic E-state index is 8.80. The van der Waals surface area contributed by atoms with Gasteiger partial charge in [-0.15, -0.1) is 0 Å². The second-order valence-corrected chi connectivity index (χ2v) is 4.08. The summed E-state index contributed by atoms with van der Waals surface area (Å²) in [6.45, 7) is 3.45. The van der Waals surface area contributed by atoms with Gasteiger partial charge in [0.2, 0.25) is 0 Å². The molecule has 0 aromatic carbocycles. The average molecular weight is 202 g/mol. The summed E-state index contributed by atoms with van der Waals surface area (Å²) in [7, 11) is 0. The maximum atomic E-state index is 8.80. The van der Waals surface area contributed by atoms with Crippen molar-refractivity contribution in [3.63, 3.8) is 0 Å². The number of hydrogen-bond donors (Lipinski definition) is 1. The Hall–Kier alpha value is -0.160. The smallest absolute Gasteiger partial charge is 0.192 e. The van der Waals surface area contributed by atoms with E-state index in [4.69, 9.17) is 19.3 Å². The first-order chi connectivity index (χ1) is 6.74. The van der Waals surface area contributed by atoms with Crippen molar-refractivity contribution in [1.29, 1.82) is 0 Å². The van der Waals surface area contributed by atoms with Gasteiger partial charge in [0.25, 0.3) is 0 Å². The molecule has 2 rings (SSSR count). The van der Waals surface area contributed by atoms with Crippen LogP contribution in [-0.2, 0) is 14.2 Å². The predicted molar refractivity (Wildman–Crippen MR) is 49.9 cm³/mol. The fraction of sp³-hybridized carbons (Fsp3) is 1.00. The normalized spacial score (nSPS) is 43.3. The molecule has 0 amide bonds. The molecular weight excluding hydrogens is 184 g/mol. The van der Waals surface area contributed by atoms with Crippen LogP contribution in [0, 0.1) is 0 Å². The minimum atomic E-state index is -0.587. The summed E-state index contributed by atoms with van der Waals surface area (Å²) in [6.07, 6.45) is 2.81. The molecule has 2 aliphatic heterocycles. The highest BCUT2D eigenvalue weighted by Gasteiger charge is 2.45. The molecule has 4 heteroatoms. The van der Waals surface area contributed by atoms with Gasteiger partial charge in [-0.2, -0.15) is 0 Å². The molecule has 0 aliphatic carbocycles. The Morgan fingerprint density at radius 3 is 3.00 bits per heavy atom. The van der Waals surface area contributed by atoms with Crippen LogP contribution in [0.25, 0.3) is 0 Å². The monoisotopic (exact) mass is 202 g/mol. The van der Waals surface area contributed by atoms with Crippen LogP contribution in [-0.4, -0.2) is 42.9 Å². The van der Waals surface area contributed by atoms with Gasteiger partial charge < -0.3 is 19.3 Å². The number of aliphatic hydroxyl groups excluding tert-OH is 1. The van der Waals surface area contributed by atoms with E-state index in [0.29, 0.717) is 13.0 Å². The number of hydrogen-bond acceptors (Lipinski definition) is 4. The Morgan fingerprint density at radius 1 is 1.50 bits per heavy atom. The molecule has 0 radical (unpaired) electrons. The molecule has 0 aromatic heterocycles. The molecular formula is C10H18O4. The van der Waals surface area contributed by atoms with E-state index in [1.54, 1.807) is 0 Å². The molecule has 14 heavy (non-hydrogen) atoms. The van der Waals surface area contributed by atoms with Gasteiger partial charge in [-0.05, 0) is 26.2 Å². The summed E-state index contributed by atoms with van der Waals surface area (Å²) < 4.78 is 17.0. The molecule has 82 valence electrons. The van der Waals surface area contributed by atoms with Crippen LogP contribution >= 0.6 is 0 Å². The van der Waals surface area contributed by atoms with Gasteiger partial charge in [-0.1, -0.05) is 0 Å². The van der Waals surface area contributed by atoms with Crippen LogP contribution in [0.5, 0.6) is 0 Å². The molecule has 0 spiro atoms. The quantitative estimate of drug-likeness (QED) is 0.731. The molecule has 1 N–H and O–H groups in total. The minimum Gasteiger partial charge on any atom is -0.396 e. The zero-order chi connectivity index (χ0) is 10.0. The lowest BCUT2D eigenvalue weighted by atomic mass is 10.1. The van der Waals surface area contributed by atoms with E-state index < -0.39 is 5.79 Å². The van der Waals surface area contributed by atoms with Crippen LogP contribution < -0.4 is 0 Å². The van der Waals surface area contributed by atoms with Gasteiger partial charge >= 0.3 is 0 Å². The number of aliphatic hydroxyl groups is 1. The molecule has 4 nitrogen and oxygen atoms in total. The second kappa shape index (κ2) is 4.14. The third kappa shape index (κ3) is 1.93. The van der Waals surface area contributed by atoms with Crippen molar-refractivity contribution in [2.24, 2.45) is 0 Å². The lowest BCUT2D eigenvalue weighted by Crippen LogP contribution is -2.40. The van der Waals surface area contributed by atoms with E-state index >= 15 is 0 Å². The van der Waals surface area contributed by atoms with Crippen LogP contribution in [0.2, 0.25) is 0 Å². The van der Waals surface area contributed by atoms with Crippen molar-refractivity contribution in [2.45, 2.75) is 44.2 Å². The zero-order valence-electron chi connectivity index (χ0n) is 8.57. The average Bonchev–Trinajstić information content (AvgIpc) is 2.75. The van der Waals surface area contributed by atoms with Gasteiger partial charge in [-0.3, -0.25) is 0 Å². The van der Waals surface area contributed by atoms with E-state index in [2.05, 4.69) is 0 Å². The molecule has 3 atom stereocenters. The first-order valence-electron chi connectivity index (χ1n) is 5.29. The van der Waals surface area contributed by atoms with E-state index in [1.807, 2.05) is 6.92 Å². The number of rotatable bonds is 3. The number of ether oxygens (including phenoxy) is 3. The predicted octanol–water partition coefficient (Wildman–Crippen LogP) is 0.679. The SMILES string of the molecule is CC1(C2CCCO2)OCC(CCO)O1. The summed E-state index contributed by atoms with van der Waals surface area (Å²) in [4.78, 5) is 0. The van der Waals surface area contributed by atoms with Crippen LogP contribution in [0.4, 0.5) is 0 Å². The van der Waals surface area contributed by atoms with E-state index in [1.165, 1.54) is 0 Å². The van der Waals surface area contributed by atoms with Crippen molar-refractivity contribution in [1.82, 2.24) is 0 Å². The van der Waals surface area contributed by atoms with Crippen molar-refractivity contribution in [2.75, 3.05) is 19.8 Å². The largest absolute Gasteiger partial charge is 0.396 e.